The van der Waals surface area contributed by atoms with Crippen molar-refractivity contribution in [3.63, 3.8) is 0 Å². The van der Waals surface area contributed by atoms with Gasteiger partial charge in [0, 0.05) is 12.6 Å². The fourth-order valence-electron chi connectivity index (χ4n) is 2.86. The van der Waals surface area contributed by atoms with E-state index in [-0.39, 0.29) is 0 Å². The first-order chi connectivity index (χ1) is 6.56. The third-order valence-electron chi connectivity index (χ3n) is 3.94. The summed E-state index contributed by atoms with van der Waals surface area (Å²) in [4.78, 5) is 2.65. The summed E-state index contributed by atoms with van der Waals surface area (Å²) in [6.45, 7) is 14.4. The predicted octanol–water partition coefficient (Wildman–Crippen LogP) is 3.40. The van der Waals surface area contributed by atoms with Crippen LogP contribution in [0.4, 0.5) is 0 Å². The van der Waals surface area contributed by atoms with E-state index in [1.165, 1.54) is 25.9 Å². The third-order valence-corrected chi connectivity index (χ3v) is 3.94. The fourth-order valence-corrected chi connectivity index (χ4v) is 2.86. The van der Waals surface area contributed by atoms with E-state index in [2.05, 4.69) is 39.5 Å². The second-order valence-corrected chi connectivity index (χ2v) is 5.45. The Kier molecular flexibility index (Phi) is 4.43. The highest BCUT2D eigenvalue weighted by Crippen LogP contribution is 2.32. The lowest BCUT2D eigenvalue weighted by molar-refractivity contribution is 0.0687. The fraction of sp³-hybridized carbons (Fsp3) is 1.00. The number of piperidine rings is 1. The zero-order valence-corrected chi connectivity index (χ0v) is 10.6. The van der Waals surface area contributed by atoms with Crippen LogP contribution in [-0.4, -0.2) is 24.0 Å². The van der Waals surface area contributed by atoms with Crippen LogP contribution in [0.15, 0.2) is 0 Å². The first kappa shape index (κ1) is 12.0. The van der Waals surface area contributed by atoms with Gasteiger partial charge in [0.15, 0.2) is 0 Å². The van der Waals surface area contributed by atoms with Crippen LogP contribution >= 0.6 is 0 Å². The molecule has 84 valence electrons. The minimum atomic E-state index is 0.733. The molecule has 0 amide bonds. The van der Waals surface area contributed by atoms with E-state index >= 15 is 0 Å². The zero-order valence-electron chi connectivity index (χ0n) is 10.6. The van der Waals surface area contributed by atoms with Gasteiger partial charge in [-0.15, -0.1) is 0 Å². The lowest BCUT2D eigenvalue weighted by atomic mass is 9.76. The molecule has 1 aliphatic rings. The topological polar surface area (TPSA) is 3.24 Å². The third kappa shape index (κ3) is 2.73. The maximum absolute atomic E-state index is 2.65. The second-order valence-electron chi connectivity index (χ2n) is 5.45. The smallest absolute Gasteiger partial charge is 0.00387 e. The van der Waals surface area contributed by atoms with Crippen LogP contribution in [-0.2, 0) is 0 Å². The van der Waals surface area contributed by atoms with Crippen LogP contribution < -0.4 is 0 Å². The van der Waals surface area contributed by atoms with Crippen molar-refractivity contribution >= 4 is 0 Å². The Morgan fingerprint density at radius 2 is 1.86 bits per heavy atom. The van der Waals surface area contributed by atoms with E-state index < -0.39 is 0 Å². The van der Waals surface area contributed by atoms with Gasteiger partial charge in [-0.2, -0.15) is 0 Å². The molecule has 0 aromatic carbocycles. The molecule has 1 nitrogen and oxygen atoms in total. The van der Waals surface area contributed by atoms with Crippen LogP contribution in [0.25, 0.3) is 0 Å². The summed E-state index contributed by atoms with van der Waals surface area (Å²) in [6.07, 6.45) is 2.76. The van der Waals surface area contributed by atoms with Crippen molar-refractivity contribution in [3.05, 3.63) is 0 Å². The number of rotatable bonds is 3. The molecule has 2 atom stereocenters. The molecule has 14 heavy (non-hydrogen) atoms. The van der Waals surface area contributed by atoms with Crippen LogP contribution in [0.2, 0.25) is 0 Å². The minimum absolute atomic E-state index is 0.733. The summed E-state index contributed by atoms with van der Waals surface area (Å²) < 4.78 is 0. The first-order valence-electron chi connectivity index (χ1n) is 6.30. The summed E-state index contributed by atoms with van der Waals surface area (Å²) >= 11 is 0. The van der Waals surface area contributed by atoms with Gasteiger partial charge in [-0.1, -0.05) is 27.2 Å². The van der Waals surface area contributed by atoms with E-state index in [9.17, 15) is 0 Å². The second kappa shape index (κ2) is 5.16. The van der Waals surface area contributed by atoms with Crippen LogP contribution in [0.3, 0.4) is 0 Å². The molecular formula is C13H27N. The number of hydrogen-bond donors (Lipinski definition) is 0. The quantitative estimate of drug-likeness (QED) is 0.670. The monoisotopic (exact) mass is 197 g/mol. The largest absolute Gasteiger partial charge is 0.301 e. The number of hydrogen-bond acceptors (Lipinski definition) is 1. The molecule has 0 spiro atoms. The van der Waals surface area contributed by atoms with Crippen LogP contribution in [0, 0.1) is 17.8 Å². The van der Waals surface area contributed by atoms with Crippen molar-refractivity contribution in [3.8, 4) is 0 Å². The predicted molar refractivity (Wildman–Crippen MR) is 63.4 cm³/mol. The molecule has 1 unspecified atom stereocenters. The lowest BCUT2D eigenvalue weighted by Crippen LogP contribution is -2.45. The Bertz CT molecular complexity index is 163. The summed E-state index contributed by atoms with van der Waals surface area (Å²) in [5.41, 5.74) is 0. The molecule has 0 aromatic rings. The normalized spacial score (nSPS) is 30.2. The van der Waals surface area contributed by atoms with Gasteiger partial charge in [-0.05, 0) is 44.6 Å². The lowest BCUT2D eigenvalue weighted by Gasteiger charge is -2.42. The van der Waals surface area contributed by atoms with Gasteiger partial charge >= 0.3 is 0 Å². The van der Waals surface area contributed by atoms with Crippen LogP contribution in [0.5, 0.6) is 0 Å². The Hall–Kier alpha value is -0.0400. The minimum Gasteiger partial charge on any atom is -0.301 e. The molecular weight excluding hydrogens is 170 g/mol. The van der Waals surface area contributed by atoms with Gasteiger partial charge in [0.2, 0.25) is 0 Å². The molecule has 0 aromatic heterocycles. The van der Waals surface area contributed by atoms with Crippen molar-refractivity contribution in [2.24, 2.45) is 17.8 Å². The van der Waals surface area contributed by atoms with Gasteiger partial charge in [0.05, 0.1) is 0 Å². The first-order valence-corrected chi connectivity index (χ1v) is 6.30. The highest BCUT2D eigenvalue weighted by Gasteiger charge is 2.30. The molecule has 1 saturated heterocycles. The molecule has 0 bridgehead atoms. The van der Waals surface area contributed by atoms with Crippen molar-refractivity contribution in [1.29, 1.82) is 0 Å². The Balaban J connectivity index is 2.54. The summed E-state index contributed by atoms with van der Waals surface area (Å²) in [6, 6.07) is 0.733. The molecule has 1 rings (SSSR count). The molecule has 1 heterocycles. The average Bonchev–Trinajstić information content (AvgIpc) is 2.16. The van der Waals surface area contributed by atoms with Crippen molar-refractivity contribution in [2.45, 2.75) is 53.5 Å². The Morgan fingerprint density at radius 3 is 2.29 bits per heavy atom. The summed E-state index contributed by atoms with van der Waals surface area (Å²) in [5.74, 6) is 2.77. The highest BCUT2D eigenvalue weighted by molar-refractivity contribution is 4.82. The van der Waals surface area contributed by atoms with E-state index in [0.29, 0.717) is 0 Å². The van der Waals surface area contributed by atoms with E-state index in [1.807, 2.05) is 0 Å². The molecule has 0 saturated carbocycles. The number of likely N-dealkylation sites (tertiary alicyclic amines) is 1. The Morgan fingerprint density at radius 1 is 1.21 bits per heavy atom. The van der Waals surface area contributed by atoms with Crippen LogP contribution in [0.1, 0.15) is 47.5 Å². The Labute approximate surface area is 89.9 Å². The molecule has 1 heteroatoms. The van der Waals surface area contributed by atoms with Crippen molar-refractivity contribution < 1.29 is 0 Å². The maximum atomic E-state index is 2.65. The zero-order chi connectivity index (χ0) is 10.7. The standard InChI is InChI=1S/C13H27N/c1-6-12-9-14(11(4)5)8-7-13(12)10(2)3/h10-13H,6-9H2,1-5H3/t12-,13?/m0/s1. The highest BCUT2D eigenvalue weighted by atomic mass is 15.2. The van der Waals surface area contributed by atoms with Gasteiger partial charge in [0.1, 0.15) is 0 Å². The maximum Gasteiger partial charge on any atom is 0.00387 e. The molecule has 1 aliphatic heterocycles. The molecule has 0 radical (unpaired) electrons. The van der Waals surface area contributed by atoms with E-state index in [4.69, 9.17) is 0 Å². The summed E-state index contributed by atoms with van der Waals surface area (Å²) in [5, 5.41) is 0. The van der Waals surface area contributed by atoms with Gasteiger partial charge in [-0.25, -0.2) is 0 Å². The average molecular weight is 197 g/mol. The SMILES string of the molecule is CC[C@H]1CN(C(C)C)CCC1C(C)C. The number of nitrogens with zero attached hydrogens (tertiary/aromatic N) is 1. The van der Waals surface area contributed by atoms with Gasteiger partial charge in [0.25, 0.3) is 0 Å². The van der Waals surface area contributed by atoms with Crippen molar-refractivity contribution in [2.75, 3.05) is 13.1 Å². The van der Waals surface area contributed by atoms with Crippen molar-refractivity contribution in [1.82, 2.24) is 4.90 Å². The van der Waals surface area contributed by atoms with E-state index in [1.54, 1.807) is 0 Å². The van der Waals surface area contributed by atoms with E-state index in [0.717, 1.165) is 23.8 Å². The molecule has 0 N–H and O–H groups in total. The molecule has 0 aliphatic carbocycles. The molecule has 1 fully saturated rings. The summed E-state index contributed by atoms with van der Waals surface area (Å²) in [7, 11) is 0. The van der Waals surface area contributed by atoms with Gasteiger partial charge in [-0.3, -0.25) is 0 Å². The van der Waals surface area contributed by atoms with Gasteiger partial charge < -0.3 is 4.90 Å².